The van der Waals surface area contributed by atoms with Crippen molar-refractivity contribution in [3.63, 3.8) is 0 Å². The van der Waals surface area contributed by atoms with E-state index in [1.807, 2.05) is 12.1 Å². The number of fused-ring (bicyclic) bond motifs is 1. The van der Waals surface area contributed by atoms with E-state index in [1.54, 1.807) is 7.11 Å². The minimum absolute atomic E-state index is 0. The summed E-state index contributed by atoms with van der Waals surface area (Å²) in [7, 11) is 1.78. The van der Waals surface area contributed by atoms with E-state index >= 15 is 0 Å². The highest BCUT2D eigenvalue weighted by Gasteiger charge is 2.36. The molecule has 1 saturated carbocycles. The van der Waals surface area contributed by atoms with E-state index in [1.165, 1.54) is 19.3 Å². The molecule has 6 nitrogen and oxygen atoms in total. The third-order valence-corrected chi connectivity index (χ3v) is 5.46. The number of hydrogen-bond acceptors (Lipinski definition) is 4. The third kappa shape index (κ3) is 6.40. The zero-order valence-corrected chi connectivity index (χ0v) is 19.4. The molecule has 0 saturated heterocycles. The first-order valence-electron chi connectivity index (χ1n) is 10.1. The van der Waals surface area contributed by atoms with E-state index in [4.69, 9.17) is 19.2 Å². The second-order valence-corrected chi connectivity index (χ2v) is 7.48. The summed E-state index contributed by atoms with van der Waals surface area (Å²) in [4.78, 5) is 4.76. The summed E-state index contributed by atoms with van der Waals surface area (Å²) in [5.41, 5.74) is 1.48. The summed E-state index contributed by atoms with van der Waals surface area (Å²) in [6.45, 7) is 6.73. The normalized spacial score (nSPS) is 17.7. The van der Waals surface area contributed by atoms with Crippen LogP contribution in [0.4, 0.5) is 0 Å². The van der Waals surface area contributed by atoms with Gasteiger partial charge >= 0.3 is 0 Å². The van der Waals surface area contributed by atoms with E-state index in [2.05, 4.69) is 23.6 Å². The number of guanidine groups is 1. The Balaban J connectivity index is 0.00000280. The SMILES string of the molecule is CCNC(=NCc1ccc2c(c1)OCCCO2)NCC1(CCOC)CCC1.I. The number of ether oxygens (including phenoxy) is 3. The number of methoxy groups -OCH3 is 1. The maximum absolute atomic E-state index is 5.78. The van der Waals surface area contributed by atoms with Crippen molar-refractivity contribution in [3.05, 3.63) is 23.8 Å². The van der Waals surface area contributed by atoms with Gasteiger partial charge in [0.25, 0.3) is 0 Å². The topological polar surface area (TPSA) is 64.1 Å². The minimum atomic E-state index is 0. The van der Waals surface area contributed by atoms with Crippen LogP contribution in [-0.2, 0) is 11.3 Å². The van der Waals surface area contributed by atoms with Crippen LogP contribution >= 0.6 is 24.0 Å². The van der Waals surface area contributed by atoms with Gasteiger partial charge in [0.2, 0.25) is 0 Å². The first kappa shape index (κ1) is 23.1. The van der Waals surface area contributed by atoms with Crippen molar-refractivity contribution >= 4 is 29.9 Å². The molecule has 1 aliphatic carbocycles. The molecule has 1 heterocycles. The van der Waals surface area contributed by atoms with Gasteiger partial charge in [0.1, 0.15) is 0 Å². The first-order valence-corrected chi connectivity index (χ1v) is 10.1. The summed E-state index contributed by atoms with van der Waals surface area (Å²) in [6, 6.07) is 6.09. The highest BCUT2D eigenvalue weighted by molar-refractivity contribution is 14.0. The van der Waals surface area contributed by atoms with E-state index in [0.29, 0.717) is 25.2 Å². The monoisotopic (exact) mass is 503 g/mol. The van der Waals surface area contributed by atoms with Gasteiger partial charge in [-0.25, -0.2) is 4.99 Å². The van der Waals surface area contributed by atoms with Gasteiger partial charge in [-0.3, -0.25) is 0 Å². The molecular weight excluding hydrogens is 469 g/mol. The highest BCUT2D eigenvalue weighted by Crippen LogP contribution is 2.43. The summed E-state index contributed by atoms with van der Waals surface area (Å²) in [6.07, 6.45) is 5.88. The molecular formula is C21H34IN3O3. The molecule has 2 aliphatic rings. The summed E-state index contributed by atoms with van der Waals surface area (Å²) in [5.74, 6) is 2.52. The fourth-order valence-electron chi connectivity index (χ4n) is 3.60. The Morgan fingerprint density at radius 2 is 1.93 bits per heavy atom. The van der Waals surface area contributed by atoms with Gasteiger partial charge < -0.3 is 24.8 Å². The minimum Gasteiger partial charge on any atom is -0.490 e. The number of rotatable bonds is 8. The molecule has 1 aromatic rings. The molecule has 28 heavy (non-hydrogen) atoms. The fourth-order valence-corrected chi connectivity index (χ4v) is 3.60. The van der Waals surface area contributed by atoms with Gasteiger partial charge in [-0.15, -0.1) is 24.0 Å². The number of hydrogen-bond donors (Lipinski definition) is 2. The zero-order chi connectivity index (χ0) is 19.0. The van der Waals surface area contributed by atoms with Gasteiger partial charge in [0, 0.05) is 33.2 Å². The predicted molar refractivity (Wildman–Crippen MR) is 123 cm³/mol. The van der Waals surface area contributed by atoms with Crippen LogP contribution in [-0.4, -0.2) is 46.0 Å². The van der Waals surface area contributed by atoms with Crippen molar-refractivity contribution in [2.45, 2.75) is 45.6 Å². The summed E-state index contributed by atoms with van der Waals surface area (Å²) < 4.78 is 16.8. The largest absolute Gasteiger partial charge is 0.490 e. The zero-order valence-electron chi connectivity index (χ0n) is 17.1. The Bertz CT molecular complexity index is 635. The van der Waals surface area contributed by atoms with Crippen LogP contribution in [0.15, 0.2) is 23.2 Å². The van der Waals surface area contributed by atoms with Gasteiger partial charge in [-0.05, 0) is 49.3 Å². The highest BCUT2D eigenvalue weighted by atomic mass is 127. The van der Waals surface area contributed by atoms with Gasteiger partial charge in [0.15, 0.2) is 17.5 Å². The van der Waals surface area contributed by atoms with Crippen LogP contribution in [0.3, 0.4) is 0 Å². The van der Waals surface area contributed by atoms with Crippen molar-refractivity contribution in [3.8, 4) is 11.5 Å². The molecule has 158 valence electrons. The molecule has 1 aromatic carbocycles. The Morgan fingerprint density at radius 3 is 2.61 bits per heavy atom. The smallest absolute Gasteiger partial charge is 0.191 e. The molecule has 7 heteroatoms. The molecule has 0 aromatic heterocycles. The van der Waals surface area contributed by atoms with Crippen LogP contribution in [0, 0.1) is 5.41 Å². The molecule has 3 rings (SSSR count). The molecule has 2 N–H and O–H groups in total. The predicted octanol–water partition coefficient (Wildman–Crippen LogP) is 3.73. The maximum atomic E-state index is 5.78. The Labute approximate surface area is 185 Å². The number of benzene rings is 1. The lowest BCUT2D eigenvalue weighted by Gasteiger charge is -2.42. The van der Waals surface area contributed by atoms with Crippen molar-refractivity contribution in [1.82, 2.24) is 10.6 Å². The van der Waals surface area contributed by atoms with Crippen LogP contribution in [0.2, 0.25) is 0 Å². The van der Waals surface area contributed by atoms with Crippen molar-refractivity contribution in [1.29, 1.82) is 0 Å². The summed E-state index contributed by atoms with van der Waals surface area (Å²) >= 11 is 0. The van der Waals surface area contributed by atoms with E-state index in [9.17, 15) is 0 Å². The van der Waals surface area contributed by atoms with Crippen molar-refractivity contribution in [2.24, 2.45) is 10.4 Å². The van der Waals surface area contributed by atoms with E-state index in [0.717, 1.165) is 55.6 Å². The molecule has 0 radical (unpaired) electrons. The molecule has 0 spiro atoms. The lowest BCUT2D eigenvalue weighted by atomic mass is 9.67. The van der Waals surface area contributed by atoms with Crippen LogP contribution in [0.25, 0.3) is 0 Å². The van der Waals surface area contributed by atoms with Gasteiger partial charge in [-0.2, -0.15) is 0 Å². The average molecular weight is 503 g/mol. The van der Waals surface area contributed by atoms with E-state index < -0.39 is 0 Å². The fraction of sp³-hybridized carbons (Fsp3) is 0.667. The van der Waals surface area contributed by atoms with Crippen LogP contribution < -0.4 is 20.1 Å². The summed E-state index contributed by atoms with van der Waals surface area (Å²) in [5, 5.41) is 6.90. The number of halogens is 1. The van der Waals surface area contributed by atoms with Gasteiger partial charge in [-0.1, -0.05) is 12.5 Å². The van der Waals surface area contributed by atoms with Crippen LogP contribution in [0.5, 0.6) is 11.5 Å². The third-order valence-electron chi connectivity index (χ3n) is 5.46. The Hall–Kier alpha value is -1.22. The molecule has 0 atom stereocenters. The van der Waals surface area contributed by atoms with Crippen molar-refractivity contribution < 1.29 is 14.2 Å². The van der Waals surface area contributed by atoms with E-state index in [-0.39, 0.29) is 24.0 Å². The second kappa shape index (κ2) is 11.7. The van der Waals surface area contributed by atoms with Crippen molar-refractivity contribution in [2.75, 3.05) is 40.0 Å². The lowest BCUT2D eigenvalue weighted by molar-refractivity contribution is 0.0732. The maximum Gasteiger partial charge on any atom is 0.191 e. The standard InChI is InChI=1S/C21H33N3O3.HI/c1-3-22-20(24-16-21(8-4-9-21)10-13-25-2)23-15-17-6-7-18-19(14-17)27-12-5-11-26-18;/h6-7,14H,3-5,8-13,15-16H2,1-2H3,(H2,22,23,24);1H. The van der Waals surface area contributed by atoms with Crippen LogP contribution in [0.1, 0.15) is 44.6 Å². The Kier molecular flexibility index (Phi) is 9.64. The molecule has 0 bridgehead atoms. The quantitative estimate of drug-likeness (QED) is 0.322. The Morgan fingerprint density at radius 1 is 1.14 bits per heavy atom. The molecule has 0 amide bonds. The first-order chi connectivity index (χ1) is 13.2. The number of aliphatic imine (C=N–C) groups is 1. The molecule has 1 fully saturated rings. The average Bonchev–Trinajstić information content (AvgIpc) is 2.89. The molecule has 1 aliphatic heterocycles. The number of nitrogens with one attached hydrogen (secondary N) is 2. The lowest BCUT2D eigenvalue weighted by Crippen LogP contribution is -2.46. The molecule has 0 unspecified atom stereocenters. The second-order valence-electron chi connectivity index (χ2n) is 7.48. The number of nitrogens with zero attached hydrogens (tertiary/aromatic N) is 1. The van der Waals surface area contributed by atoms with Gasteiger partial charge in [0.05, 0.1) is 19.8 Å².